The van der Waals surface area contributed by atoms with Gasteiger partial charge in [0.05, 0.1) is 0 Å². The Morgan fingerprint density at radius 2 is 1.76 bits per heavy atom. The van der Waals surface area contributed by atoms with Gasteiger partial charge in [-0.15, -0.1) is 0 Å². The lowest BCUT2D eigenvalue weighted by molar-refractivity contribution is -0.129. The predicted octanol–water partition coefficient (Wildman–Crippen LogP) is 2.53. The van der Waals surface area contributed by atoms with Crippen LogP contribution in [0.3, 0.4) is 0 Å². The molecule has 0 spiro atoms. The van der Waals surface area contributed by atoms with Crippen molar-refractivity contribution >= 4 is 36.4 Å². The van der Waals surface area contributed by atoms with Gasteiger partial charge in [-0.05, 0) is 63.5 Å². The molecule has 0 aliphatic heterocycles. The number of nitrogens with zero attached hydrogens (tertiary/aromatic N) is 1. The van der Waals surface area contributed by atoms with Crippen LogP contribution in [0.25, 0.3) is 0 Å². The van der Waals surface area contributed by atoms with E-state index in [1.807, 2.05) is 7.05 Å². The maximum Gasteiger partial charge on any atom is 0.414 e. The maximum atomic E-state index is 12.7. The molecular weight excluding hydrogens is 500 g/mol. The molecule has 0 saturated carbocycles. The summed E-state index contributed by atoms with van der Waals surface area (Å²) in [5.74, 6) is 0.0409. The van der Waals surface area contributed by atoms with Crippen molar-refractivity contribution in [2.45, 2.75) is 58.2 Å². The van der Waals surface area contributed by atoms with Crippen molar-refractivity contribution in [3.63, 3.8) is 0 Å². The second-order valence-corrected chi connectivity index (χ2v) is 8.87. The first-order valence-corrected chi connectivity index (χ1v) is 12.9. The molecule has 0 aromatic heterocycles. The average molecular weight is 541 g/mol. The largest absolute Gasteiger partial charge is 0.463 e. The van der Waals surface area contributed by atoms with Crippen LogP contribution in [0.15, 0.2) is 12.1 Å². The minimum absolute atomic E-state index is 0.0912. The quantitative estimate of drug-likeness (QED) is 0.0898. The Balaban J connectivity index is 2.99. The molecule has 37 heavy (non-hydrogen) atoms. The molecule has 0 heterocycles. The number of hydrogen-bond acceptors (Lipinski definition) is 9. The van der Waals surface area contributed by atoms with Gasteiger partial charge in [-0.3, -0.25) is 9.59 Å². The number of amides is 2. The highest BCUT2D eigenvalue weighted by Crippen LogP contribution is 2.29. The van der Waals surface area contributed by atoms with E-state index < -0.39 is 11.4 Å². The summed E-state index contributed by atoms with van der Waals surface area (Å²) in [4.78, 5) is 48.6. The predicted molar refractivity (Wildman–Crippen MR) is 143 cm³/mol. The van der Waals surface area contributed by atoms with E-state index in [0.29, 0.717) is 37.2 Å². The summed E-state index contributed by atoms with van der Waals surface area (Å²) in [7, 11) is 3.43. The molecule has 0 atom stereocenters. The topological polar surface area (TPSA) is 149 Å². The molecule has 0 saturated heterocycles. The summed E-state index contributed by atoms with van der Waals surface area (Å²) in [6, 6.07) is 3.41. The Hall–Kier alpha value is -2.83. The Morgan fingerprint density at radius 3 is 2.41 bits per heavy atom. The molecular formula is C25H40N4O7S. The smallest absolute Gasteiger partial charge is 0.414 e. The number of hydrogen-bond donors (Lipinski definition) is 4. The van der Waals surface area contributed by atoms with E-state index in [-0.39, 0.29) is 37.8 Å². The molecule has 2 amide bonds. The lowest BCUT2D eigenvalue weighted by Gasteiger charge is -2.21. The molecule has 0 aliphatic carbocycles. The number of rotatable bonds is 19. The van der Waals surface area contributed by atoms with Crippen molar-refractivity contribution in [3.8, 4) is 5.75 Å². The molecule has 208 valence electrons. The molecule has 0 radical (unpaired) electrons. The van der Waals surface area contributed by atoms with Gasteiger partial charge in [0.1, 0.15) is 19.0 Å². The molecule has 1 aromatic rings. The normalized spacial score (nSPS) is 10.5. The van der Waals surface area contributed by atoms with Gasteiger partial charge in [0.25, 0.3) is 6.47 Å². The van der Waals surface area contributed by atoms with Crippen LogP contribution < -0.4 is 21.1 Å². The number of carbonyl (C=O) groups is 4. The van der Waals surface area contributed by atoms with Crippen molar-refractivity contribution < 1.29 is 33.4 Å². The lowest BCUT2D eigenvalue weighted by atomic mass is 10.0. The van der Waals surface area contributed by atoms with Gasteiger partial charge in [-0.25, -0.2) is 9.59 Å². The number of ether oxygens (including phenoxy) is 3. The van der Waals surface area contributed by atoms with Crippen LogP contribution in [-0.4, -0.2) is 68.9 Å². The Morgan fingerprint density at radius 1 is 1.05 bits per heavy atom. The number of unbranched alkanes of at least 4 members (excludes halogenated alkanes) is 3. The van der Waals surface area contributed by atoms with Gasteiger partial charge in [0.15, 0.2) is 0 Å². The molecule has 1 aromatic carbocycles. The SMILES string of the molecule is CNCCCN(C)C(=O)Oc1c(COC=O)cc(CCC(=O)NCCCCCCN)cc1COC(=O)S. The van der Waals surface area contributed by atoms with Crippen LogP contribution in [0.2, 0.25) is 0 Å². The van der Waals surface area contributed by atoms with Crippen LogP contribution in [0.1, 0.15) is 55.2 Å². The highest BCUT2D eigenvalue weighted by Gasteiger charge is 2.20. The van der Waals surface area contributed by atoms with Gasteiger partial charge in [0.2, 0.25) is 5.91 Å². The van der Waals surface area contributed by atoms with Crippen molar-refractivity contribution in [3.05, 3.63) is 28.8 Å². The first-order chi connectivity index (χ1) is 17.8. The van der Waals surface area contributed by atoms with Gasteiger partial charge >= 0.3 is 11.4 Å². The fraction of sp³-hybridized carbons (Fsp3) is 0.600. The van der Waals surface area contributed by atoms with E-state index >= 15 is 0 Å². The molecule has 0 bridgehead atoms. The van der Waals surface area contributed by atoms with Crippen LogP contribution in [0.4, 0.5) is 9.59 Å². The van der Waals surface area contributed by atoms with Crippen LogP contribution in [0.5, 0.6) is 5.75 Å². The number of aryl methyl sites for hydroxylation is 1. The van der Waals surface area contributed by atoms with E-state index in [2.05, 4.69) is 23.3 Å². The monoisotopic (exact) mass is 540 g/mol. The number of carbonyl (C=O) groups excluding carboxylic acids is 4. The lowest BCUT2D eigenvalue weighted by Crippen LogP contribution is -2.32. The zero-order valence-corrected chi connectivity index (χ0v) is 22.6. The van der Waals surface area contributed by atoms with E-state index in [9.17, 15) is 19.2 Å². The second-order valence-electron chi connectivity index (χ2n) is 8.50. The van der Waals surface area contributed by atoms with Gasteiger partial charge in [0, 0.05) is 37.7 Å². The summed E-state index contributed by atoms with van der Waals surface area (Å²) in [5, 5.41) is 5.11. The van der Waals surface area contributed by atoms with Gasteiger partial charge < -0.3 is 35.5 Å². The molecule has 1 rings (SSSR count). The average Bonchev–Trinajstić information content (AvgIpc) is 2.87. The van der Waals surface area contributed by atoms with Gasteiger partial charge in [-0.1, -0.05) is 25.5 Å². The van der Waals surface area contributed by atoms with Crippen LogP contribution in [0, 0.1) is 0 Å². The molecule has 12 heteroatoms. The maximum absolute atomic E-state index is 12.7. The van der Waals surface area contributed by atoms with Crippen molar-refractivity contribution in [1.29, 1.82) is 0 Å². The number of nitrogens with two attached hydrogens (primary N) is 1. The third kappa shape index (κ3) is 13.9. The Bertz CT molecular complexity index is 870. The van der Waals surface area contributed by atoms with Gasteiger partial charge in [-0.2, -0.15) is 0 Å². The van der Waals surface area contributed by atoms with E-state index in [1.54, 1.807) is 19.2 Å². The number of benzene rings is 1. The fourth-order valence-corrected chi connectivity index (χ4v) is 3.59. The van der Waals surface area contributed by atoms with Crippen molar-refractivity contribution in [2.75, 3.05) is 40.3 Å². The molecule has 4 N–H and O–H groups in total. The minimum Gasteiger partial charge on any atom is -0.463 e. The second kappa shape index (κ2) is 19.3. The van der Waals surface area contributed by atoms with E-state index in [1.165, 1.54) is 4.90 Å². The van der Waals surface area contributed by atoms with E-state index in [4.69, 9.17) is 19.9 Å². The van der Waals surface area contributed by atoms with E-state index in [0.717, 1.165) is 44.2 Å². The third-order valence-corrected chi connectivity index (χ3v) is 5.60. The summed E-state index contributed by atoms with van der Waals surface area (Å²) >= 11 is 3.64. The zero-order valence-electron chi connectivity index (χ0n) is 21.8. The standard InChI is InChI=1S/C25H40N4O7S/c1-27-11-7-13-29(2)24(32)36-23-20(16-34-18-30)14-19(15-21(23)17-35-25(33)37)8-9-22(31)28-12-6-4-3-5-10-26/h14-15,18,27H,3-13,16-17,26H2,1-2H3,(H,28,31)(H,33,37). The van der Waals surface area contributed by atoms with Crippen molar-refractivity contribution in [2.24, 2.45) is 5.73 Å². The highest BCUT2D eigenvalue weighted by molar-refractivity contribution is 7.96. The number of thiol groups is 1. The fourth-order valence-electron chi connectivity index (χ4n) is 3.53. The van der Waals surface area contributed by atoms with Crippen molar-refractivity contribution in [1.82, 2.24) is 15.5 Å². The molecule has 0 fully saturated rings. The summed E-state index contributed by atoms with van der Waals surface area (Å²) in [6.45, 7) is 2.37. The summed E-state index contributed by atoms with van der Waals surface area (Å²) in [6.07, 6.45) is 4.65. The van der Waals surface area contributed by atoms with Crippen LogP contribution in [-0.2, 0) is 38.7 Å². The summed E-state index contributed by atoms with van der Waals surface area (Å²) < 4.78 is 15.6. The first kappa shape index (κ1) is 32.2. The molecule has 0 unspecified atom stereocenters. The van der Waals surface area contributed by atoms with Crippen LogP contribution >= 0.6 is 12.6 Å². The summed E-state index contributed by atoms with van der Waals surface area (Å²) in [5.41, 5.74) is 7.02. The first-order valence-electron chi connectivity index (χ1n) is 12.4. The Kier molecular flexibility index (Phi) is 16.8. The highest BCUT2D eigenvalue weighted by atomic mass is 32.1. The minimum atomic E-state index is -0.802. The zero-order chi connectivity index (χ0) is 27.5. The third-order valence-electron chi connectivity index (χ3n) is 5.48. The number of nitrogens with one attached hydrogen (secondary N) is 2. The molecule has 0 aliphatic rings. The molecule has 11 nitrogen and oxygen atoms in total. The Labute approximate surface area is 224 Å².